The predicted octanol–water partition coefficient (Wildman–Crippen LogP) is 6.13. The van der Waals surface area contributed by atoms with Crippen LogP contribution in [0.4, 0.5) is 0 Å². The highest BCUT2D eigenvalue weighted by Gasteiger charge is 2.19. The van der Waals surface area contributed by atoms with Crippen molar-refractivity contribution < 1.29 is 4.74 Å². The number of hydrogen-bond acceptors (Lipinski definition) is 1. The summed E-state index contributed by atoms with van der Waals surface area (Å²) in [7, 11) is 0. The third-order valence-electron chi connectivity index (χ3n) is 4.25. The van der Waals surface area contributed by atoms with Crippen molar-refractivity contribution in [3.63, 3.8) is 0 Å². The number of alkyl halides is 1. The van der Waals surface area contributed by atoms with Gasteiger partial charge in [0.15, 0.2) is 0 Å². The van der Waals surface area contributed by atoms with Gasteiger partial charge in [0.2, 0.25) is 0 Å². The molecule has 1 aliphatic carbocycles. The van der Waals surface area contributed by atoms with Gasteiger partial charge in [-0.1, -0.05) is 24.3 Å². The molecule has 2 aromatic rings. The highest BCUT2D eigenvalue weighted by molar-refractivity contribution is 14.1. The fourth-order valence-corrected chi connectivity index (χ4v) is 3.73. The number of halogens is 2. The first-order chi connectivity index (χ1) is 10.7. The van der Waals surface area contributed by atoms with Gasteiger partial charge in [-0.25, -0.2) is 0 Å². The van der Waals surface area contributed by atoms with Crippen LogP contribution in [0, 0.1) is 9.49 Å². The summed E-state index contributed by atoms with van der Waals surface area (Å²) in [6.07, 6.45) is 4.62. The van der Waals surface area contributed by atoms with Crippen LogP contribution in [0.3, 0.4) is 0 Å². The van der Waals surface area contributed by atoms with Crippen molar-refractivity contribution in [1.29, 1.82) is 0 Å². The van der Waals surface area contributed by atoms with Gasteiger partial charge in [0.1, 0.15) is 5.75 Å². The van der Waals surface area contributed by atoms with Gasteiger partial charge >= 0.3 is 0 Å². The topological polar surface area (TPSA) is 9.23 Å². The van der Waals surface area contributed by atoms with Gasteiger partial charge in [-0.15, -0.1) is 11.6 Å². The van der Waals surface area contributed by atoms with Gasteiger partial charge in [-0.3, -0.25) is 0 Å². The van der Waals surface area contributed by atoms with Crippen molar-refractivity contribution in [1.82, 2.24) is 0 Å². The SMILES string of the molecule is ClC1CCC(COc2cccc(-c3cccc(I)c3)c2)CC1. The average molecular weight is 427 g/mol. The van der Waals surface area contributed by atoms with Crippen molar-refractivity contribution in [3.05, 3.63) is 52.1 Å². The summed E-state index contributed by atoms with van der Waals surface area (Å²) in [5, 5.41) is 0.375. The van der Waals surface area contributed by atoms with E-state index in [9.17, 15) is 0 Å². The van der Waals surface area contributed by atoms with Crippen LogP contribution in [-0.2, 0) is 0 Å². The summed E-state index contributed by atoms with van der Waals surface area (Å²) < 4.78 is 7.28. The molecule has 0 atom stereocenters. The van der Waals surface area contributed by atoms with Gasteiger partial charge in [0, 0.05) is 8.95 Å². The molecule has 0 aliphatic heterocycles. The maximum Gasteiger partial charge on any atom is 0.119 e. The Morgan fingerprint density at radius 2 is 1.64 bits per heavy atom. The van der Waals surface area contributed by atoms with Crippen molar-refractivity contribution in [3.8, 4) is 16.9 Å². The summed E-state index contributed by atoms with van der Waals surface area (Å²) in [5.74, 6) is 1.61. The number of ether oxygens (including phenoxy) is 1. The fraction of sp³-hybridized carbons (Fsp3) is 0.368. The molecule has 3 rings (SSSR count). The van der Waals surface area contributed by atoms with E-state index in [-0.39, 0.29) is 0 Å². The maximum absolute atomic E-state index is 6.16. The Bertz CT molecular complexity index is 620. The molecule has 0 heterocycles. The van der Waals surface area contributed by atoms with Crippen LogP contribution < -0.4 is 4.74 Å². The maximum atomic E-state index is 6.16. The fourth-order valence-electron chi connectivity index (χ4n) is 2.94. The second-order valence-electron chi connectivity index (χ2n) is 5.97. The zero-order valence-electron chi connectivity index (χ0n) is 12.5. The molecule has 1 saturated carbocycles. The van der Waals surface area contributed by atoms with E-state index >= 15 is 0 Å². The van der Waals surface area contributed by atoms with E-state index in [0.717, 1.165) is 25.2 Å². The Kier molecular flexibility index (Phi) is 5.64. The second-order valence-corrected chi connectivity index (χ2v) is 7.83. The molecule has 1 aliphatic rings. The minimum absolute atomic E-state index is 0.375. The summed E-state index contributed by atoms with van der Waals surface area (Å²) in [6.45, 7) is 0.805. The third kappa shape index (κ3) is 4.39. The van der Waals surface area contributed by atoms with Gasteiger partial charge in [0.25, 0.3) is 0 Å². The van der Waals surface area contributed by atoms with Crippen LogP contribution in [-0.4, -0.2) is 12.0 Å². The Hall–Kier alpha value is -0.740. The van der Waals surface area contributed by atoms with Gasteiger partial charge in [0.05, 0.1) is 6.61 Å². The lowest BCUT2D eigenvalue weighted by molar-refractivity contribution is 0.210. The normalized spacial score (nSPS) is 21.5. The quantitative estimate of drug-likeness (QED) is 0.422. The number of benzene rings is 2. The third-order valence-corrected chi connectivity index (χ3v) is 5.36. The molecular formula is C19H20ClIO. The lowest BCUT2D eigenvalue weighted by Crippen LogP contribution is -2.20. The molecule has 3 heteroatoms. The molecule has 1 nitrogen and oxygen atoms in total. The smallest absolute Gasteiger partial charge is 0.119 e. The zero-order valence-corrected chi connectivity index (χ0v) is 15.4. The van der Waals surface area contributed by atoms with Crippen molar-refractivity contribution in [2.24, 2.45) is 5.92 Å². The van der Waals surface area contributed by atoms with Crippen LogP contribution in [0.2, 0.25) is 0 Å². The lowest BCUT2D eigenvalue weighted by Gasteiger charge is -2.24. The minimum Gasteiger partial charge on any atom is -0.493 e. The van der Waals surface area contributed by atoms with E-state index in [1.54, 1.807) is 0 Å². The summed E-state index contributed by atoms with van der Waals surface area (Å²) in [5.41, 5.74) is 2.44. The van der Waals surface area contributed by atoms with E-state index in [4.69, 9.17) is 16.3 Å². The summed E-state index contributed by atoms with van der Waals surface area (Å²) in [4.78, 5) is 0. The Morgan fingerprint density at radius 3 is 2.36 bits per heavy atom. The van der Waals surface area contributed by atoms with Crippen LogP contribution >= 0.6 is 34.2 Å². The molecule has 0 radical (unpaired) electrons. The monoisotopic (exact) mass is 426 g/mol. The largest absolute Gasteiger partial charge is 0.493 e. The number of hydrogen-bond donors (Lipinski definition) is 0. The van der Waals surface area contributed by atoms with Crippen LogP contribution in [0.15, 0.2) is 48.5 Å². The van der Waals surface area contributed by atoms with Crippen LogP contribution in [0.25, 0.3) is 11.1 Å². The lowest BCUT2D eigenvalue weighted by atomic mass is 9.89. The van der Waals surface area contributed by atoms with E-state index in [1.165, 1.54) is 27.5 Å². The standard InChI is InChI=1S/C19H20ClIO/c20-17-9-7-14(8-10-17)13-22-19-6-2-4-16(12-19)15-3-1-5-18(21)11-15/h1-6,11-12,14,17H,7-10,13H2. The second kappa shape index (κ2) is 7.69. The van der Waals surface area contributed by atoms with Crippen LogP contribution in [0.1, 0.15) is 25.7 Å². The molecule has 116 valence electrons. The molecule has 22 heavy (non-hydrogen) atoms. The molecule has 0 N–H and O–H groups in total. The highest BCUT2D eigenvalue weighted by atomic mass is 127. The van der Waals surface area contributed by atoms with E-state index < -0.39 is 0 Å². The predicted molar refractivity (Wildman–Crippen MR) is 102 cm³/mol. The molecule has 1 fully saturated rings. The Labute approximate surface area is 151 Å². The first-order valence-corrected chi connectivity index (χ1v) is 9.35. The van der Waals surface area contributed by atoms with Crippen LogP contribution in [0.5, 0.6) is 5.75 Å². The highest BCUT2D eigenvalue weighted by Crippen LogP contribution is 2.29. The molecule has 0 amide bonds. The van der Waals surface area contributed by atoms with Gasteiger partial charge < -0.3 is 4.74 Å². The molecule has 0 unspecified atom stereocenters. The first kappa shape index (κ1) is 16.1. The van der Waals surface area contributed by atoms with Crippen molar-refractivity contribution in [2.45, 2.75) is 31.1 Å². The Balaban J connectivity index is 1.64. The van der Waals surface area contributed by atoms with Crippen molar-refractivity contribution >= 4 is 34.2 Å². The first-order valence-electron chi connectivity index (χ1n) is 7.83. The minimum atomic E-state index is 0.375. The molecule has 2 aromatic carbocycles. The number of rotatable bonds is 4. The molecule has 0 saturated heterocycles. The zero-order chi connectivity index (χ0) is 15.4. The van der Waals surface area contributed by atoms with Gasteiger partial charge in [-0.2, -0.15) is 0 Å². The van der Waals surface area contributed by atoms with E-state index in [2.05, 4.69) is 65.1 Å². The van der Waals surface area contributed by atoms with E-state index in [0.29, 0.717) is 11.3 Å². The Morgan fingerprint density at radius 1 is 0.955 bits per heavy atom. The summed E-state index contributed by atoms with van der Waals surface area (Å²) in [6, 6.07) is 16.9. The summed E-state index contributed by atoms with van der Waals surface area (Å²) >= 11 is 8.51. The average Bonchev–Trinajstić information content (AvgIpc) is 2.55. The molecular weight excluding hydrogens is 407 g/mol. The molecule has 0 spiro atoms. The molecule has 0 aromatic heterocycles. The van der Waals surface area contributed by atoms with Crippen molar-refractivity contribution in [2.75, 3.05) is 6.61 Å². The van der Waals surface area contributed by atoms with Gasteiger partial charge in [-0.05, 0) is 89.6 Å². The molecule has 0 bridgehead atoms. The van der Waals surface area contributed by atoms with E-state index in [1.807, 2.05) is 6.07 Å².